The normalized spacial score (nSPS) is 10.2. The predicted molar refractivity (Wildman–Crippen MR) is 89.9 cm³/mol. The molecule has 5 heteroatoms. The number of aromatic nitrogens is 1. The maximum absolute atomic E-state index is 12.3. The first-order chi connectivity index (χ1) is 10.2. The highest BCUT2D eigenvalue weighted by atomic mass is 32.2. The van der Waals surface area contributed by atoms with Gasteiger partial charge in [0.15, 0.2) is 0 Å². The van der Waals surface area contributed by atoms with Gasteiger partial charge < -0.3 is 5.32 Å². The van der Waals surface area contributed by atoms with Crippen LogP contribution in [-0.2, 0) is 6.54 Å². The topological polar surface area (TPSA) is 42.0 Å². The molecule has 1 N–H and O–H groups in total. The summed E-state index contributed by atoms with van der Waals surface area (Å²) in [5, 5.41) is 4.86. The number of hydrogen-bond donors (Lipinski definition) is 1. The Morgan fingerprint density at radius 2 is 2.19 bits per heavy atom. The second-order valence-electron chi connectivity index (χ2n) is 4.75. The van der Waals surface area contributed by atoms with Crippen LogP contribution in [0.2, 0.25) is 0 Å². The van der Waals surface area contributed by atoms with Crippen molar-refractivity contribution in [2.45, 2.75) is 25.3 Å². The summed E-state index contributed by atoms with van der Waals surface area (Å²) < 4.78 is 0. The Kier molecular flexibility index (Phi) is 6.02. The Hall–Kier alpha value is -1.59. The van der Waals surface area contributed by atoms with Crippen LogP contribution in [0.15, 0.2) is 51.7 Å². The predicted octanol–water partition coefficient (Wildman–Crippen LogP) is 4.13. The lowest BCUT2D eigenvalue weighted by molar-refractivity contribution is 0.0947. The molecule has 0 spiro atoms. The van der Waals surface area contributed by atoms with E-state index < -0.39 is 0 Å². The standard InChI is InChI=1S/C16H18N2OS2/c1-12(2)7-8-21-15-6-4-3-5-14(15)16(19)17-9-13-10-20-11-18-13/h3-7,10-11H,8-9H2,1-2H3,(H,17,19). The number of nitrogens with zero attached hydrogens (tertiary/aromatic N) is 1. The Labute approximate surface area is 133 Å². The summed E-state index contributed by atoms with van der Waals surface area (Å²) in [5.74, 6) is 0.821. The lowest BCUT2D eigenvalue weighted by Gasteiger charge is -2.08. The molecule has 1 amide bonds. The van der Waals surface area contributed by atoms with Crippen molar-refractivity contribution < 1.29 is 4.79 Å². The first-order valence-electron chi connectivity index (χ1n) is 6.67. The second-order valence-corrected chi connectivity index (χ2v) is 6.53. The molecule has 1 aromatic carbocycles. The number of nitrogens with one attached hydrogen (secondary N) is 1. The molecule has 3 nitrogen and oxygen atoms in total. The van der Waals surface area contributed by atoms with Crippen molar-refractivity contribution in [3.63, 3.8) is 0 Å². The van der Waals surface area contributed by atoms with Crippen LogP contribution in [0.1, 0.15) is 29.9 Å². The van der Waals surface area contributed by atoms with Crippen molar-refractivity contribution in [1.29, 1.82) is 0 Å². The molecule has 1 aromatic heterocycles. The van der Waals surface area contributed by atoms with Gasteiger partial charge in [0.25, 0.3) is 5.91 Å². The summed E-state index contributed by atoms with van der Waals surface area (Å²) in [4.78, 5) is 17.5. The van der Waals surface area contributed by atoms with E-state index in [1.165, 1.54) is 16.9 Å². The zero-order chi connectivity index (χ0) is 15.1. The first kappa shape index (κ1) is 15.8. The highest BCUT2D eigenvalue weighted by Crippen LogP contribution is 2.23. The van der Waals surface area contributed by atoms with Crippen LogP contribution in [0, 0.1) is 0 Å². The molecule has 0 bridgehead atoms. The molecule has 21 heavy (non-hydrogen) atoms. The van der Waals surface area contributed by atoms with Crippen LogP contribution >= 0.6 is 23.1 Å². The molecule has 2 aromatic rings. The molecule has 0 radical (unpaired) electrons. The van der Waals surface area contributed by atoms with Gasteiger partial charge in [-0.15, -0.1) is 23.1 Å². The summed E-state index contributed by atoms with van der Waals surface area (Å²) >= 11 is 3.21. The number of hydrogen-bond acceptors (Lipinski definition) is 4. The summed E-state index contributed by atoms with van der Waals surface area (Å²) in [6.45, 7) is 4.62. The number of thioether (sulfide) groups is 1. The fourth-order valence-electron chi connectivity index (χ4n) is 1.67. The Balaban J connectivity index is 2.00. The Morgan fingerprint density at radius 1 is 1.38 bits per heavy atom. The van der Waals surface area contributed by atoms with Crippen molar-refractivity contribution >= 4 is 29.0 Å². The maximum Gasteiger partial charge on any atom is 0.252 e. The zero-order valence-electron chi connectivity index (χ0n) is 12.1. The number of allylic oxidation sites excluding steroid dienone is 1. The molecule has 0 unspecified atom stereocenters. The van der Waals surface area contributed by atoms with Crippen molar-refractivity contribution in [1.82, 2.24) is 10.3 Å². The molecule has 110 valence electrons. The number of carbonyl (C=O) groups excluding carboxylic acids is 1. The fourth-order valence-corrected chi connectivity index (χ4v) is 3.31. The molecular formula is C16H18N2OS2. The largest absolute Gasteiger partial charge is 0.346 e. The van der Waals surface area contributed by atoms with Gasteiger partial charge in [-0.25, -0.2) is 4.98 Å². The van der Waals surface area contributed by atoms with Gasteiger partial charge in [-0.05, 0) is 26.0 Å². The number of amides is 1. The van der Waals surface area contributed by atoms with Gasteiger partial charge in [0, 0.05) is 16.0 Å². The first-order valence-corrected chi connectivity index (χ1v) is 8.60. The summed E-state index contributed by atoms with van der Waals surface area (Å²) in [6, 6.07) is 7.70. The van der Waals surface area contributed by atoms with Crippen LogP contribution in [0.25, 0.3) is 0 Å². The summed E-state index contributed by atoms with van der Waals surface area (Å²) in [6.07, 6.45) is 2.16. The molecule has 0 atom stereocenters. The van der Waals surface area contributed by atoms with E-state index in [1.807, 2.05) is 29.6 Å². The minimum atomic E-state index is -0.0525. The van der Waals surface area contributed by atoms with Gasteiger partial charge in [0.1, 0.15) is 0 Å². The van der Waals surface area contributed by atoms with Gasteiger partial charge in [0.05, 0.1) is 23.3 Å². The molecule has 0 aliphatic rings. The number of thiazole rings is 1. The van der Waals surface area contributed by atoms with E-state index in [2.05, 4.69) is 30.2 Å². The number of carbonyl (C=O) groups is 1. The fraction of sp³-hybridized carbons (Fsp3) is 0.250. The molecular weight excluding hydrogens is 300 g/mol. The van der Waals surface area contributed by atoms with Gasteiger partial charge in [0.2, 0.25) is 0 Å². The van der Waals surface area contributed by atoms with Gasteiger partial charge in [-0.2, -0.15) is 0 Å². The third-order valence-corrected chi connectivity index (χ3v) is 4.41. The highest BCUT2D eigenvalue weighted by molar-refractivity contribution is 7.99. The van der Waals surface area contributed by atoms with E-state index in [-0.39, 0.29) is 5.91 Å². The van der Waals surface area contributed by atoms with Crippen LogP contribution in [-0.4, -0.2) is 16.6 Å². The van der Waals surface area contributed by atoms with E-state index in [9.17, 15) is 4.79 Å². The third-order valence-electron chi connectivity index (χ3n) is 2.78. The monoisotopic (exact) mass is 318 g/mol. The van der Waals surface area contributed by atoms with Crippen molar-refractivity contribution in [3.05, 3.63) is 58.1 Å². The van der Waals surface area contributed by atoms with Crippen LogP contribution in [0.4, 0.5) is 0 Å². The van der Waals surface area contributed by atoms with Gasteiger partial charge in [-0.1, -0.05) is 23.8 Å². The molecule has 0 fully saturated rings. The minimum absolute atomic E-state index is 0.0525. The molecule has 0 aliphatic carbocycles. The molecule has 2 rings (SSSR count). The quantitative estimate of drug-likeness (QED) is 0.643. The molecule has 0 saturated heterocycles. The smallest absolute Gasteiger partial charge is 0.252 e. The van der Waals surface area contributed by atoms with Crippen LogP contribution < -0.4 is 5.32 Å². The molecule has 0 saturated carbocycles. The van der Waals surface area contributed by atoms with E-state index >= 15 is 0 Å². The summed E-state index contributed by atoms with van der Waals surface area (Å²) in [7, 11) is 0. The van der Waals surface area contributed by atoms with Crippen LogP contribution in [0.3, 0.4) is 0 Å². The Morgan fingerprint density at radius 3 is 2.90 bits per heavy atom. The number of rotatable bonds is 6. The second kappa shape index (κ2) is 8.00. The minimum Gasteiger partial charge on any atom is -0.346 e. The lowest BCUT2D eigenvalue weighted by atomic mass is 10.2. The van der Waals surface area contributed by atoms with Crippen molar-refractivity contribution in [2.75, 3.05) is 5.75 Å². The van der Waals surface area contributed by atoms with E-state index in [0.29, 0.717) is 6.54 Å². The average Bonchev–Trinajstić information content (AvgIpc) is 2.98. The van der Waals surface area contributed by atoms with Crippen molar-refractivity contribution in [2.24, 2.45) is 0 Å². The summed E-state index contributed by atoms with van der Waals surface area (Å²) in [5.41, 5.74) is 4.67. The lowest BCUT2D eigenvalue weighted by Crippen LogP contribution is -2.23. The zero-order valence-corrected chi connectivity index (χ0v) is 13.8. The maximum atomic E-state index is 12.3. The molecule has 0 aliphatic heterocycles. The van der Waals surface area contributed by atoms with E-state index in [0.717, 1.165) is 21.9 Å². The van der Waals surface area contributed by atoms with E-state index in [4.69, 9.17) is 0 Å². The SMILES string of the molecule is CC(C)=CCSc1ccccc1C(=O)NCc1cscn1. The van der Waals surface area contributed by atoms with Gasteiger partial charge >= 0.3 is 0 Å². The van der Waals surface area contributed by atoms with E-state index in [1.54, 1.807) is 17.3 Å². The molecule has 1 heterocycles. The van der Waals surface area contributed by atoms with Crippen LogP contribution in [0.5, 0.6) is 0 Å². The van der Waals surface area contributed by atoms with Gasteiger partial charge in [-0.3, -0.25) is 4.79 Å². The third kappa shape index (κ3) is 5.02. The highest BCUT2D eigenvalue weighted by Gasteiger charge is 2.10. The van der Waals surface area contributed by atoms with Crippen molar-refractivity contribution in [3.8, 4) is 0 Å². The number of benzene rings is 1. The average molecular weight is 318 g/mol. The Bertz CT molecular complexity index is 617.